The van der Waals surface area contributed by atoms with Crippen molar-refractivity contribution in [2.24, 2.45) is 5.84 Å². The zero-order chi connectivity index (χ0) is 13.0. The molecule has 1 unspecified atom stereocenters. The van der Waals surface area contributed by atoms with Crippen LogP contribution < -0.4 is 11.3 Å². The average molecular weight is 310 g/mol. The van der Waals surface area contributed by atoms with Crippen LogP contribution in [0.4, 0.5) is 4.39 Å². The lowest BCUT2D eigenvalue weighted by Gasteiger charge is -2.17. The van der Waals surface area contributed by atoms with E-state index in [9.17, 15) is 4.39 Å². The van der Waals surface area contributed by atoms with Crippen molar-refractivity contribution in [2.75, 3.05) is 0 Å². The van der Waals surface area contributed by atoms with Gasteiger partial charge in [-0.15, -0.1) is 0 Å². The van der Waals surface area contributed by atoms with E-state index in [-0.39, 0.29) is 11.9 Å². The van der Waals surface area contributed by atoms with Crippen LogP contribution in [0.2, 0.25) is 0 Å². The molecular formula is C13H13BrFN3. The minimum atomic E-state index is -0.351. The third-order valence-electron chi connectivity index (χ3n) is 2.71. The van der Waals surface area contributed by atoms with Crippen molar-refractivity contribution >= 4 is 15.9 Å². The van der Waals surface area contributed by atoms with Gasteiger partial charge in [0.25, 0.3) is 0 Å². The van der Waals surface area contributed by atoms with Gasteiger partial charge in [0.15, 0.2) is 0 Å². The van der Waals surface area contributed by atoms with Gasteiger partial charge in [0.1, 0.15) is 5.82 Å². The number of pyridine rings is 1. The summed E-state index contributed by atoms with van der Waals surface area (Å²) in [4.78, 5) is 3.73. The standard InChI is InChI=1S/C13H13BrFN3/c14-10-3-1-2-9(6-10)7-13(18-16)11-4-5-17-8-12(11)15/h1-6,8,13,18H,7,16H2. The molecule has 0 aliphatic rings. The monoisotopic (exact) mass is 309 g/mol. The van der Waals surface area contributed by atoms with Gasteiger partial charge >= 0.3 is 0 Å². The Hall–Kier alpha value is -1.30. The molecule has 18 heavy (non-hydrogen) atoms. The van der Waals surface area contributed by atoms with E-state index >= 15 is 0 Å². The Bertz CT molecular complexity index is 533. The van der Waals surface area contributed by atoms with Gasteiger partial charge < -0.3 is 0 Å². The number of aromatic nitrogens is 1. The second-order valence-corrected chi connectivity index (χ2v) is 4.87. The highest BCUT2D eigenvalue weighted by Crippen LogP contribution is 2.21. The number of nitrogens with one attached hydrogen (secondary N) is 1. The number of rotatable bonds is 4. The van der Waals surface area contributed by atoms with E-state index < -0.39 is 0 Å². The van der Waals surface area contributed by atoms with Crippen molar-refractivity contribution in [3.8, 4) is 0 Å². The molecule has 0 radical (unpaired) electrons. The third kappa shape index (κ3) is 3.13. The second-order valence-electron chi connectivity index (χ2n) is 3.95. The summed E-state index contributed by atoms with van der Waals surface area (Å²) in [5.41, 5.74) is 4.24. The predicted molar refractivity (Wildman–Crippen MR) is 72.1 cm³/mol. The molecule has 3 N–H and O–H groups in total. The van der Waals surface area contributed by atoms with E-state index in [0.29, 0.717) is 12.0 Å². The Morgan fingerprint density at radius 2 is 2.22 bits per heavy atom. The summed E-state index contributed by atoms with van der Waals surface area (Å²) in [5, 5.41) is 0. The maximum absolute atomic E-state index is 13.6. The molecule has 1 aromatic heterocycles. The summed E-state index contributed by atoms with van der Waals surface area (Å²) in [6, 6.07) is 9.22. The van der Waals surface area contributed by atoms with Gasteiger partial charge in [-0.2, -0.15) is 0 Å². The van der Waals surface area contributed by atoms with E-state index in [1.165, 1.54) is 6.20 Å². The Morgan fingerprint density at radius 1 is 1.39 bits per heavy atom. The van der Waals surface area contributed by atoms with E-state index in [0.717, 1.165) is 10.0 Å². The first kappa shape index (κ1) is 13.1. The normalized spacial score (nSPS) is 12.4. The quantitative estimate of drug-likeness (QED) is 0.674. The summed E-state index contributed by atoms with van der Waals surface area (Å²) >= 11 is 3.41. The van der Waals surface area contributed by atoms with Crippen molar-refractivity contribution in [3.63, 3.8) is 0 Å². The third-order valence-corrected chi connectivity index (χ3v) is 3.20. The second kappa shape index (κ2) is 6.04. The van der Waals surface area contributed by atoms with E-state index in [1.807, 2.05) is 24.3 Å². The predicted octanol–water partition coefficient (Wildman–Crippen LogP) is 2.73. The fraction of sp³-hybridized carbons (Fsp3) is 0.154. The fourth-order valence-corrected chi connectivity index (χ4v) is 2.27. The summed E-state index contributed by atoms with van der Waals surface area (Å²) in [5.74, 6) is 5.16. The van der Waals surface area contributed by atoms with Crippen molar-refractivity contribution < 1.29 is 4.39 Å². The van der Waals surface area contributed by atoms with Crippen LogP contribution in [-0.4, -0.2) is 4.98 Å². The minimum absolute atomic E-state index is 0.276. The Balaban J connectivity index is 2.23. The Kier molecular flexibility index (Phi) is 4.41. The molecule has 94 valence electrons. The lowest BCUT2D eigenvalue weighted by molar-refractivity contribution is 0.508. The zero-order valence-corrected chi connectivity index (χ0v) is 11.2. The van der Waals surface area contributed by atoms with Crippen molar-refractivity contribution in [1.29, 1.82) is 0 Å². The van der Waals surface area contributed by atoms with Gasteiger partial charge in [0.05, 0.1) is 12.2 Å². The lowest BCUT2D eigenvalue weighted by Crippen LogP contribution is -2.30. The van der Waals surface area contributed by atoms with E-state index in [1.54, 1.807) is 12.3 Å². The summed E-state index contributed by atoms with van der Waals surface area (Å²) in [6.07, 6.45) is 3.36. The van der Waals surface area contributed by atoms with Gasteiger partial charge in [0, 0.05) is 16.2 Å². The van der Waals surface area contributed by atoms with Gasteiger partial charge in [-0.05, 0) is 30.2 Å². The molecule has 0 amide bonds. The molecular weight excluding hydrogens is 297 g/mol. The molecule has 0 spiro atoms. The molecule has 3 nitrogen and oxygen atoms in total. The number of nitrogens with two attached hydrogens (primary N) is 1. The number of benzene rings is 1. The van der Waals surface area contributed by atoms with Crippen LogP contribution in [-0.2, 0) is 6.42 Å². The number of hydrogen-bond donors (Lipinski definition) is 2. The molecule has 1 atom stereocenters. The average Bonchev–Trinajstić information content (AvgIpc) is 2.37. The van der Waals surface area contributed by atoms with Crippen LogP contribution in [0.25, 0.3) is 0 Å². The maximum Gasteiger partial charge on any atom is 0.146 e. The van der Waals surface area contributed by atoms with Gasteiger partial charge in [-0.3, -0.25) is 16.3 Å². The van der Waals surface area contributed by atoms with E-state index in [4.69, 9.17) is 5.84 Å². The Labute approximate surface area is 113 Å². The van der Waals surface area contributed by atoms with Crippen LogP contribution >= 0.6 is 15.9 Å². The number of nitrogens with zero attached hydrogens (tertiary/aromatic N) is 1. The Morgan fingerprint density at radius 3 is 2.89 bits per heavy atom. The highest BCUT2D eigenvalue weighted by Gasteiger charge is 2.14. The smallest absolute Gasteiger partial charge is 0.146 e. The first-order chi connectivity index (χ1) is 8.70. The number of hydrazine groups is 1. The van der Waals surface area contributed by atoms with Crippen molar-refractivity contribution in [2.45, 2.75) is 12.5 Å². The van der Waals surface area contributed by atoms with Crippen LogP contribution in [0, 0.1) is 5.82 Å². The first-order valence-corrected chi connectivity index (χ1v) is 6.30. The van der Waals surface area contributed by atoms with Gasteiger partial charge in [-0.1, -0.05) is 28.1 Å². The molecule has 0 fully saturated rings. The van der Waals surface area contributed by atoms with Crippen LogP contribution in [0.3, 0.4) is 0 Å². The molecule has 0 bridgehead atoms. The topological polar surface area (TPSA) is 50.9 Å². The van der Waals surface area contributed by atoms with Gasteiger partial charge in [0.2, 0.25) is 0 Å². The van der Waals surface area contributed by atoms with Crippen LogP contribution in [0.15, 0.2) is 47.2 Å². The molecule has 1 aromatic carbocycles. The summed E-state index contributed by atoms with van der Waals surface area (Å²) in [7, 11) is 0. The fourth-order valence-electron chi connectivity index (χ4n) is 1.83. The SMILES string of the molecule is NNC(Cc1cccc(Br)c1)c1ccncc1F. The summed E-state index contributed by atoms with van der Waals surface area (Å²) in [6.45, 7) is 0. The highest BCUT2D eigenvalue weighted by molar-refractivity contribution is 9.10. The van der Waals surface area contributed by atoms with E-state index in [2.05, 4.69) is 26.3 Å². The lowest BCUT2D eigenvalue weighted by atomic mass is 10.00. The molecule has 1 heterocycles. The molecule has 0 aliphatic heterocycles. The van der Waals surface area contributed by atoms with Gasteiger partial charge in [-0.25, -0.2) is 4.39 Å². The van der Waals surface area contributed by atoms with Crippen LogP contribution in [0.5, 0.6) is 0 Å². The molecule has 0 saturated heterocycles. The van der Waals surface area contributed by atoms with Crippen molar-refractivity contribution in [3.05, 3.63) is 64.1 Å². The number of halogens is 2. The largest absolute Gasteiger partial charge is 0.271 e. The first-order valence-electron chi connectivity index (χ1n) is 5.50. The molecule has 5 heteroatoms. The molecule has 2 aromatic rings. The minimum Gasteiger partial charge on any atom is -0.271 e. The van der Waals surface area contributed by atoms with Crippen LogP contribution in [0.1, 0.15) is 17.2 Å². The maximum atomic E-state index is 13.6. The number of hydrogen-bond acceptors (Lipinski definition) is 3. The summed E-state index contributed by atoms with van der Waals surface area (Å²) < 4.78 is 14.6. The van der Waals surface area contributed by atoms with Crippen molar-refractivity contribution in [1.82, 2.24) is 10.4 Å². The highest BCUT2D eigenvalue weighted by atomic mass is 79.9. The zero-order valence-electron chi connectivity index (χ0n) is 9.61. The molecule has 0 aliphatic carbocycles. The molecule has 0 saturated carbocycles. The molecule has 2 rings (SSSR count).